The standard InChI is InChI=1S/C12H14N2OS/c15-10-4-3-9(8-10)14-6-5-13-12(14)11-2-1-7-16-11/h1-2,5-7,9-10,15H,3-4,8H2. The molecule has 3 nitrogen and oxygen atoms in total. The van der Waals surface area contributed by atoms with Gasteiger partial charge in [-0.15, -0.1) is 11.3 Å². The summed E-state index contributed by atoms with van der Waals surface area (Å²) in [4.78, 5) is 5.62. The fourth-order valence-corrected chi connectivity index (χ4v) is 3.12. The average molecular weight is 234 g/mol. The van der Waals surface area contributed by atoms with E-state index < -0.39 is 0 Å². The van der Waals surface area contributed by atoms with Crippen molar-refractivity contribution < 1.29 is 5.11 Å². The van der Waals surface area contributed by atoms with Crippen LogP contribution in [0.25, 0.3) is 10.7 Å². The zero-order chi connectivity index (χ0) is 11.0. The highest BCUT2D eigenvalue weighted by molar-refractivity contribution is 7.13. The Hall–Kier alpha value is -1.13. The van der Waals surface area contributed by atoms with Crippen LogP contribution in [0.15, 0.2) is 29.9 Å². The van der Waals surface area contributed by atoms with E-state index in [1.165, 1.54) is 4.88 Å². The van der Waals surface area contributed by atoms with Crippen molar-refractivity contribution in [2.24, 2.45) is 0 Å². The first-order valence-corrected chi connectivity index (χ1v) is 6.47. The summed E-state index contributed by atoms with van der Waals surface area (Å²) in [5.41, 5.74) is 0. The summed E-state index contributed by atoms with van der Waals surface area (Å²) in [5.74, 6) is 1.04. The third-order valence-corrected chi connectivity index (χ3v) is 4.05. The number of aromatic nitrogens is 2. The lowest BCUT2D eigenvalue weighted by Crippen LogP contribution is -2.07. The molecule has 0 saturated heterocycles. The van der Waals surface area contributed by atoms with Gasteiger partial charge in [0.1, 0.15) is 5.82 Å². The van der Waals surface area contributed by atoms with Crippen molar-refractivity contribution in [3.63, 3.8) is 0 Å². The first-order chi connectivity index (χ1) is 7.84. The Kier molecular flexibility index (Phi) is 2.53. The van der Waals surface area contributed by atoms with Crippen molar-refractivity contribution in [3.8, 4) is 10.7 Å². The molecule has 2 heterocycles. The van der Waals surface area contributed by atoms with Crippen molar-refractivity contribution in [3.05, 3.63) is 29.9 Å². The van der Waals surface area contributed by atoms with Gasteiger partial charge in [0.2, 0.25) is 0 Å². The SMILES string of the molecule is OC1CCC(n2ccnc2-c2cccs2)C1. The summed E-state index contributed by atoms with van der Waals surface area (Å²) in [6.07, 6.45) is 6.55. The topological polar surface area (TPSA) is 38.0 Å². The number of nitrogens with zero attached hydrogens (tertiary/aromatic N) is 2. The second kappa shape index (κ2) is 4.03. The highest BCUT2D eigenvalue weighted by Crippen LogP contribution is 2.34. The summed E-state index contributed by atoms with van der Waals surface area (Å²) in [5, 5.41) is 11.7. The van der Waals surface area contributed by atoms with Gasteiger partial charge in [-0.05, 0) is 30.7 Å². The fraction of sp³-hybridized carbons (Fsp3) is 0.417. The third kappa shape index (κ3) is 1.68. The molecule has 3 rings (SSSR count). The maximum absolute atomic E-state index is 9.59. The minimum atomic E-state index is -0.136. The molecule has 0 radical (unpaired) electrons. The van der Waals surface area contributed by atoms with Crippen LogP contribution >= 0.6 is 11.3 Å². The molecule has 2 atom stereocenters. The van der Waals surface area contributed by atoms with Crippen LogP contribution in [-0.2, 0) is 0 Å². The number of hydrogen-bond donors (Lipinski definition) is 1. The first-order valence-electron chi connectivity index (χ1n) is 5.59. The van der Waals surface area contributed by atoms with E-state index in [-0.39, 0.29) is 6.10 Å². The van der Waals surface area contributed by atoms with E-state index in [1.54, 1.807) is 11.3 Å². The minimum Gasteiger partial charge on any atom is -0.393 e. The van der Waals surface area contributed by atoms with Crippen LogP contribution in [0.1, 0.15) is 25.3 Å². The third-order valence-electron chi connectivity index (χ3n) is 3.18. The van der Waals surface area contributed by atoms with Crippen LogP contribution < -0.4 is 0 Å². The van der Waals surface area contributed by atoms with Gasteiger partial charge in [0.15, 0.2) is 0 Å². The molecule has 0 aliphatic heterocycles. The molecule has 4 heteroatoms. The van der Waals surface area contributed by atoms with Crippen LogP contribution in [-0.4, -0.2) is 20.8 Å². The Labute approximate surface area is 98.4 Å². The number of aliphatic hydroxyl groups is 1. The molecule has 0 aromatic carbocycles. The Bertz CT molecular complexity index is 463. The predicted molar refractivity (Wildman–Crippen MR) is 64.4 cm³/mol. The molecular formula is C12H14N2OS. The Balaban J connectivity index is 1.94. The van der Waals surface area contributed by atoms with Crippen molar-refractivity contribution in [1.29, 1.82) is 0 Å². The lowest BCUT2D eigenvalue weighted by Gasteiger charge is -2.14. The molecule has 0 bridgehead atoms. The number of hydrogen-bond acceptors (Lipinski definition) is 3. The molecule has 1 saturated carbocycles. The maximum Gasteiger partial charge on any atom is 0.150 e. The molecular weight excluding hydrogens is 220 g/mol. The summed E-state index contributed by atoms with van der Waals surface area (Å²) < 4.78 is 2.21. The van der Waals surface area contributed by atoms with E-state index in [0.29, 0.717) is 6.04 Å². The van der Waals surface area contributed by atoms with Crippen LogP contribution in [0.2, 0.25) is 0 Å². The quantitative estimate of drug-likeness (QED) is 0.867. The molecule has 0 spiro atoms. The largest absolute Gasteiger partial charge is 0.393 e. The molecule has 1 N–H and O–H groups in total. The van der Waals surface area contributed by atoms with Crippen LogP contribution in [0.3, 0.4) is 0 Å². The van der Waals surface area contributed by atoms with Gasteiger partial charge in [-0.3, -0.25) is 0 Å². The molecule has 1 aliphatic rings. The van der Waals surface area contributed by atoms with Gasteiger partial charge in [0.05, 0.1) is 11.0 Å². The van der Waals surface area contributed by atoms with Gasteiger partial charge in [-0.1, -0.05) is 6.07 Å². The van der Waals surface area contributed by atoms with Crippen molar-refractivity contribution in [2.45, 2.75) is 31.4 Å². The zero-order valence-corrected chi connectivity index (χ0v) is 9.73. The number of aliphatic hydroxyl groups excluding tert-OH is 1. The molecule has 2 aromatic rings. The minimum absolute atomic E-state index is 0.136. The van der Waals surface area contributed by atoms with E-state index >= 15 is 0 Å². The van der Waals surface area contributed by atoms with Crippen molar-refractivity contribution in [1.82, 2.24) is 9.55 Å². The van der Waals surface area contributed by atoms with Gasteiger partial charge < -0.3 is 9.67 Å². The molecule has 2 unspecified atom stereocenters. The highest BCUT2D eigenvalue weighted by Gasteiger charge is 2.25. The monoisotopic (exact) mass is 234 g/mol. The number of thiophene rings is 1. The van der Waals surface area contributed by atoms with E-state index in [2.05, 4.69) is 21.0 Å². The van der Waals surface area contributed by atoms with Gasteiger partial charge in [0, 0.05) is 18.4 Å². The molecule has 1 fully saturated rings. The fourth-order valence-electron chi connectivity index (χ4n) is 2.39. The predicted octanol–water partition coefficient (Wildman–Crippen LogP) is 2.70. The van der Waals surface area contributed by atoms with Gasteiger partial charge in [0.25, 0.3) is 0 Å². The lowest BCUT2D eigenvalue weighted by atomic mass is 10.2. The molecule has 0 amide bonds. The van der Waals surface area contributed by atoms with Crippen molar-refractivity contribution >= 4 is 11.3 Å². The first kappa shape index (κ1) is 10.1. The normalized spacial score (nSPS) is 25.1. The average Bonchev–Trinajstić information content (AvgIpc) is 2.96. The summed E-state index contributed by atoms with van der Waals surface area (Å²) in [6, 6.07) is 4.55. The van der Waals surface area contributed by atoms with Crippen molar-refractivity contribution in [2.75, 3.05) is 0 Å². The second-order valence-electron chi connectivity index (χ2n) is 4.26. The summed E-state index contributed by atoms with van der Waals surface area (Å²) in [7, 11) is 0. The number of imidazole rings is 1. The van der Waals surface area contributed by atoms with Gasteiger partial charge in [-0.2, -0.15) is 0 Å². The van der Waals surface area contributed by atoms with E-state index in [1.807, 2.05) is 18.5 Å². The number of rotatable bonds is 2. The Morgan fingerprint density at radius 3 is 3.06 bits per heavy atom. The smallest absolute Gasteiger partial charge is 0.150 e. The van der Waals surface area contributed by atoms with E-state index in [9.17, 15) is 5.11 Å². The second-order valence-corrected chi connectivity index (χ2v) is 5.20. The zero-order valence-electron chi connectivity index (χ0n) is 8.91. The molecule has 2 aromatic heterocycles. The molecule has 84 valence electrons. The van der Waals surface area contributed by atoms with Gasteiger partial charge in [-0.25, -0.2) is 4.98 Å². The molecule has 1 aliphatic carbocycles. The summed E-state index contributed by atoms with van der Waals surface area (Å²) in [6.45, 7) is 0. The molecule has 16 heavy (non-hydrogen) atoms. The van der Waals surface area contributed by atoms with Crippen LogP contribution in [0.4, 0.5) is 0 Å². The van der Waals surface area contributed by atoms with E-state index in [4.69, 9.17) is 0 Å². The highest BCUT2D eigenvalue weighted by atomic mass is 32.1. The van der Waals surface area contributed by atoms with Crippen LogP contribution in [0, 0.1) is 0 Å². The van der Waals surface area contributed by atoms with Crippen LogP contribution in [0.5, 0.6) is 0 Å². The van der Waals surface area contributed by atoms with Gasteiger partial charge >= 0.3 is 0 Å². The maximum atomic E-state index is 9.59. The van der Waals surface area contributed by atoms with E-state index in [0.717, 1.165) is 25.1 Å². The Morgan fingerprint density at radius 2 is 2.38 bits per heavy atom. The summed E-state index contributed by atoms with van der Waals surface area (Å²) >= 11 is 1.71. The lowest BCUT2D eigenvalue weighted by molar-refractivity contribution is 0.178. The Morgan fingerprint density at radius 1 is 1.44 bits per heavy atom.